The number of rotatable bonds is 0. The number of hydrogen-bond donors (Lipinski definition) is 0. The first kappa shape index (κ1) is 12.5. The van der Waals surface area contributed by atoms with E-state index in [1.165, 1.54) is 36.4 Å². The maximum atomic E-state index is 12.1. The van der Waals surface area contributed by atoms with Crippen LogP contribution in [0.15, 0.2) is 64.4 Å². The third-order valence-corrected chi connectivity index (χ3v) is 3.61. The molecule has 0 fully saturated rings. The first-order chi connectivity index (χ1) is 10.5. The van der Waals surface area contributed by atoms with E-state index < -0.39 is 22.5 Å². The lowest BCUT2D eigenvalue weighted by atomic mass is 10.1. The van der Waals surface area contributed by atoms with Gasteiger partial charge in [0.25, 0.3) is 0 Å². The summed E-state index contributed by atoms with van der Waals surface area (Å²) in [5, 5.41) is 1.13. The van der Waals surface area contributed by atoms with Gasteiger partial charge in [-0.3, -0.25) is 0 Å². The largest absolute Gasteiger partial charge is 0.386 e. The Balaban J connectivity index is 2.65. The maximum absolute atomic E-state index is 12.1. The Morgan fingerprint density at radius 3 is 1.36 bits per heavy atom. The van der Waals surface area contributed by atoms with E-state index in [0.717, 1.165) is 0 Å². The monoisotopic (exact) mass is 294 g/mol. The highest BCUT2D eigenvalue weighted by molar-refractivity contribution is 6.07. The van der Waals surface area contributed by atoms with E-state index in [1.807, 2.05) is 0 Å². The van der Waals surface area contributed by atoms with Crippen LogP contribution in [0.4, 0.5) is 0 Å². The van der Waals surface area contributed by atoms with Crippen molar-refractivity contribution in [3.63, 3.8) is 0 Å². The Hall–Kier alpha value is -3.28. The summed E-state index contributed by atoms with van der Waals surface area (Å²) in [5.74, 6) is 0. The second-order valence-corrected chi connectivity index (χ2v) is 4.87. The fourth-order valence-corrected chi connectivity index (χ4v) is 2.55. The van der Waals surface area contributed by atoms with Gasteiger partial charge < -0.3 is 8.83 Å². The van der Waals surface area contributed by atoms with Gasteiger partial charge in [-0.25, -0.2) is 19.2 Å². The van der Waals surface area contributed by atoms with Gasteiger partial charge in [-0.15, -0.1) is 0 Å². The molecule has 7 rings (SSSR count). The van der Waals surface area contributed by atoms with Crippen LogP contribution in [0, 0.1) is 0 Å². The van der Waals surface area contributed by atoms with Crippen molar-refractivity contribution in [2.45, 2.75) is 0 Å². The molecule has 6 nitrogen and oxygen atoms in total. The average Bonchev–Trinajstić information content (AvgIpc) is 2.65. The number of benzene rings is 2. The Bertz CT molecular complexity index is 1200. The van der Waals surface area contributed by atoms with Crippen molar-refractivity contribution in [2.75, 3.05) is 0 Å². The Morgan fingerprint density at radius 1 is 0.500 bits per heavy atom. The molecule has 0 spiro atoms. The highest BCUT2D eigenvalue weighted by Crippen LogP contribution is 2.21. The van der Waals surface area contributed by atoms with Gasteiger partial charge in [0, 0.05) is 0 Å². The van der Waals surface area contributed by atoms with Crippen molar-refractivity contribution in [1.82, 2.24) is 0 Å². The van der Waals surface area contributed by atoms with Crippen molar-refractivity contribution in [3.8, 4) is 0 Å². The molecule has 0 unspecified atom stereocenters. The van der Waals surface area contributed by atoms with E-state index in [2.05, 4.69) is 0 Å². The van der Waals surface area contributed by atoms with Crippen molar-refractivity contribution < 1.29 is 8.83 Å². The van der Waals surface area contributed by atoms with E-state index in [9.17, 15) is 19.2 Å². The standard InChI is InChI=1S/C16H6O6/c17-13-7-1-3-9-10-4-2-8(14(18)21-13)6-12(10)16(20)22-15(19)11(9)5-7/h1-6H. The SMILES string of the molecule is O=c1oc(=O)c2ccc3c(c2)c(=O)oc(=O)c2cc1ccc23. The van der Waals surface area contributed by atoms with E-state index in [1.54, 1.807) is 0 Å². The number of hydrogen-bond acceptors (Lipinski definition) is 6. The summed E-state index contributed by atoms with van der Waals surface area (Å²) in [5.41, 5.74) is -3.44. The molecule has 0 amide bonds. The third kappa shape index (κ3) is 1.61. The molecule has 0 aliphatic rings. The van der Waals surface area contributed by atoms with Gasteiger partial charge in [-0.1, -0.05) is 12.1 Å². The second kappa shape index (κ2) is 4.11. The lowest BCUT2D eigenvalue weighted by Gasteiger charge is -1.95. The molecule has 0 atom stereocenters. The summed E-state index contributed by atoms with van der Waals surface area (Å²) in [6.45, 7) is 0. The maximum Gasteiger partial charge on any atom is 0.346 e. The molecule has 5 aromatic heterocycles. The van der Waals surface area contributed by atoms with Gasteiger partial charge in [-0.2, -0.15) is 0 Å². The second-order valence-electron chi connectivity index (χ2n) is 4.87. The molecule has 0 saturated heterocycles. The molecule has 0 aliphatic carbocycles. The Morgan fingerprint density at radius 2 is 0.909 bits per heavy atom. The van der Waals surface area contributed by atoms with E-state index in [0.29, 0.717) is 10.8 Å². The molecule has 106 valence electrons. The minimum Gasteiger partial charge on any atom is -0.386 e. The molecular formula is C16H6O6. The normalized spacial score (nSPS) is 11.5. The topological polar surface area (TPSA) is 94.6 Å². The fourth-order valence-electron chi connectivity index (χ4n) is 2.55. The average molecular weight is 294 g/mol. The summed E-state index contributed by atoms with van der Waals surface area (Å²) in [7, 11) is 0. The zero-order valence-corrected chi connectivity index (χ0v) is 10.9. The summed E-state index contributed by atoms with van der Waals surface area (Å²) < 4.78 is 9.52. The van der Waals surface area contributed by atoms with Gasteiger partial charge in [0.2, 0.25) is 0 Å². The van der Waals surface area contributed by atoms with E-state index in [4.69, 9.17) is 8.83 Å². The first-order valence-electron chi connectivity index (χ1n) is 6.36. The Kier molecular flexibility index (Phi) is 2.33. The highest BCUT2D eigenvalue weighted by Gasteiger charge is 2.10. The van der Waals surface area contributed by atoms with Crippen LogP contribution in [0.5, 0.6) is 0 Å². The molecule has 7 aromatic rings. The van der Waals surface area contributed by atoms with Crippen LogP contribution in [-0.4, -0.2) is 0 Å². The van der Waals surface area contributed by atoms with Crippen LogP contribution in [-0.2, 0) is 0 Å². The van der Waals surface area contributed by atoms with Gasteiger partial charge in [0.05, 0.1) is 21.5 Å². The van der Waals surface area contributed by atoms with Crippen molar-refractivity contribution in [2.24, 2.45) is 0 Å². The zero-order valence-electron chi connectivity index (χ0n) is 10.9. The molecule has 0 radical (unpaired) electrons. The lowest BCUT2D eigenvalue weighted by Crippen LogP contribution is -2.09. The molecule has 0 saturated carbocycles. The summed E-state index contributed by atoms with van der Waals surface area (Å²) in [6.07, 6.45) is 0. The minimum atomic E-state index is -0.872. The predicted molar refractivity (Wildman–Crippen MR) is 79.8 cm³/mol. The molecule has 0 N–H and O–H groups in total. The van der Waals surface area contributed by atoms with Gasteiger partial charge in [0.1, 0.15) is 0 Å². The van der Waals surface area contributed by atoms with Crippen LogP contribution in [0.3, 0.4) is 0 Å². The Labute approximate surface area is 120 Å². The molecule has 2 aromatic carbocycles. The molecule has 5 heterocycles. The summed E-state index contributed by atoms with van der Waals surface area (Å²) >= 11 is 0. The lowest BCUT2D eigenvalue weighted by molar-refractivity contribution is 0.488. The molecule has 0 aliphatic heterocycles. The minimum absolute atomic E-state index is 0.0300. The van der Waals surface area contributed by atoms with Crippen LogP contribution < -0.4 is 22.5 Å². The van der Waals surface area contributed by atoms with Crippen molar-refractivity contribution >= 4 is 32.3 Å². The predicted octanol–water partition coefficient (Wildman–Crippen LogP) is 1.21. The molecule has 6 bridgehead atoms. The van der Waals surface area contributed by atoms with E-state index >= 15 is 0 Å². The molecular weight excluding hydrogens is 288 g/mol. The molecule has 22 heavy (non-hydrogen) atoms. The first-order valence-corrected chi connectivity index (χ1v) is 6.36. The van der Waals surface area contributed by atoms with Gasteiger partial charge in [0.15, 0.2) is 0 Å². The highest BCUT2D eigenvalue weighted by atomic mass is 16.4. The summed E-state index contributed by atoms with van der Waals surface area (Å²) in [6, 6.07) is 8.43. The fraction of sp³-hybridized carbons (Fsp3) is 0. The summed E-state index contributed by atoms with van der Waals surface area (Å²) in [4.78, 5) is 48.0. The zero-order chi connectivity index (χ0) is 15.4. The van der Waals surface area contributed by atoms with Gasteiger partial charge in [-0.05, 0) is 35.0 Å². The molecule has 6 heteroatoms. The smallest absolute Gasteiger partial charge is 0.346 e. The van der Waals surface area contributed by atoms with Crippen LogP contribution in [0.1, 0.15) is 0 Å². The van der Waals surface area contributed by atoms with Crippen molar-refractivity contribution in [1.29, 1.82) is 0 Å². The van der Waals surface area contributed by atoms with E-state index in [-0.39, 0.29) is 21.5 Å². The quantitative estimate of drug-likeness (QED) is 0.484. The van der Waals surface area contributed by atoms with Crippen LogP contribution in [0.2, 0.25) is 0 Å². The van der Waals surface area contributed by atoms with Gasteiger partial charge >= 0.3 is 22.5 Å². The van der Waals surface area contributed by atoms with Crippen LogP contribution in [0.25, 0.3) is 32.3 Å². The van der Waals surface area contributed by atoms with Crippen LogP contribution >= 0.6 is 0 Å². The third-order valence-electron chi connectivity index (χ3n) is 3.61. The van der Waals surface area contributed by atoms with Crippen molar-refractivity contribution in [3.05, 3.63) is 78.1 Å².